The summed E-state index contributed by atoms with van der Waals surface area (Å²) in [6.45, 7) is 6.73. The number of aryl methyl sites for hydroxylation is 2. The second-order valence-corrected chi connectivity index (χ2v) is 8.61. The Bertz CT molecular complexity index is 1100. The van der Waals surface area contributed by atoms with Gasteiger partial charge in [-0.15, -0.1) is 0 Å². The van der Waals surface area contributed by atoms with Crippen molar-refractivity contribution in [2.75, 3.05) is 6.61 Å². The van der Waals surface area contributed by atoms with E-state index in [9.17, 15) is 24.0 Å². The van der Waals surface area contributed by atoms with E-state index in [4.69, 9.17) is 23.0 Å². The van der Waals surface area contributed by atoms with E-state index in [1.807, 2.05) is 0 Å². The van der Waals surface area contributed by atoms with Gasteiger partial charge in [0.05, 0.1) is 11.4 Å². The monoisotopic (exact) mass is 489 g/mol. The fourth-order valence-electron chi connectivity index (χ4n) is 2.47. The molecule has 0 aliphatic rings. The smallest absolute Gasteiger partial charge is 0.464 e. The van der Waals surface area contributed by atoms with Crippen LogP contribution in [0.4, 0.5) is 9.59 Å². The van der Waals surface area contributed by atoms with Gasteiger partial charge in [-0.1, -0.05) is 0 Å². The Balaban J connectivity index is 2.02. The summed E-state index contributed by atoms with van der Waals surface area (Å²) in [6.07, 6.45) is -1.03. The standard InChI is InChI=1S/C19H23NO12S/c1-6-26-14(21)13(20-15(22)27-7-11-9(2)29-16(23)31-11)19(4,5)33-18(25)28-8-12-10(3)30-17(24)32-12/h13H,6-8H2,1-5H3,(H,20,22)/t13-/m0/s1. The first kappa shape index (κ1) is 25.8. The van der Waals surface area contributed by atoms with E-state index in [0.717, 1.165) is 0 Å². The van der Waals surface area contributed by atoms with Crippen molar-refractivity contribution in [2.24, 2.45) is 0 Å². The molecular formula is C19H23NO12S. The minimum Gasteiger partial charge on any atom is -0.464 e. The molecule has 182 valence electrons. The van der Waals surface area contributed by atoms with Crippen molar-refractivity contribution >= 4 is 29.1 Å². The summed E-state index contributed by atoms with van der Waals surface area (Å²) in [6, 6.07) is -1.33. The van der Waals surface area contributed by atoms with Crippen LogP contribution >= 0.6 is 11.8 Å². The third-order valence-corrected chi connectivity index (χ3v) is 5.20. The van der Waals surface area contributed by atoms with E-state index in [2.05, 4.69) is 14.2 Å². The number of amides is 1. The summed E-state index contributed by atoms with van der Waals surface area (Å²) < 4.78 is 32.6. The zero-order valence-electron chi connectivity index (χ0n) is 18.5. The molecule has 2 heterocycles. The van der Waals surface area contributed by atoms with Gasteiger partial charge < -0.3 is 37.2 Å². The van der Waals surface area contributed by atoms with Crippen LogP contribution in [0.2, 0.25) is 0 Å². The zero-order chi connectivity index (χ0) is 24.8. The molecular weight excluding hydrogens is 466 g/mol. The molecule has 2 aromatic heterocycles. The Morgan fingerprint density at radius 1 is 0.909 bits per heavy atom. The number of alkyl carbamates (subject to hydrolysis) is 1. The molecule has 0 radical (unpaired) electrons. The fraction of sp³-hybridized carbons (Fsp3) is 0.526. The lowest BCUT2D eigenvalue weighted by molar-refractivity contribution is -0.146. The first-order valence-electron chi connectivity index (χ1n) is 9.57. The number of ether oxygens (including phenoxy) is 3. The fourth-order valence-corrected chi connectivity index (χ4v) is 3.29. The number of hydrogen-bond donors (Lipinski definition) is 1. The van der Waals surface area contributed by atoms with Crippen molar-refractivity contribution in [1.29, 1.82) is 0 Å². The first-order valence-corrected chi connectivity index (χ1v) is 10.4. The molecule has 14 heteroatoms. The van der Waals surface area contributed by atoms with Crippen molar-refractivity contribution in [1.82, 2.24) is 5.32 Å². The van der Waals surface area contributed by atoms with Gasteiger partial charge >= 0.3 is 29.0 Å². The van der Waals surface area contributed by atoms with Gasteiger partial charge in [-0.2, -0.15) is 0 Å². The van der Waals surface area contributed by atoms with Crippen LogP contribution in [0.15, 0.2) is 27.3 Å². The van der Waals surface area contributed by atoms with E-state index in [1.54, 1.807) is 6.92 Å². The normalized spacial score (nSPS) is 12.2. The van der Waals surface area contributed by atoms with E-state index in [0.29, 0.717) is 11.8 Å². The lowest BCUT2D eigenvalue weighted by Crippen LogP contribution is -2.53. The summed E-state index contributed by atoms with van der Waals surface area (Å²) in [4.78, 5) is 59.2. The van der Waals surface area contributed by atoms with Gasteiger partial charge in [-0.25, -0.2) is 24.0 Å². The molecule has 0 bridgehead atoms. The number of esters is 1. The molecule has 1 N–H and O–H groups in total. The van der Waals surface area contributed by atoms with Gasteiger partial charge in [0.1, 0.15) is 6.04 Å². The van der Waals surface area contributed by atoms with E-state index >= 15 is 0 Å². The molecule has 0 fully saturated rings. The van der Waals surface area contributed by atoms with Gasteiger partial charge in [-0.05, 0) is 46.4 Å². The molecule has 13 nitrogen and oxygen atoms in total. The van der Waals surface area contributed by atoms with Crippen LogP contribution in [-0.4, -0.2) is 34.8 Å². The minimum atomic E-state index is -1.33. The molecule has 1 atom stereocenters. The quantitative estimate of drug-likeness (QED) is 0.401. The van der Waals surface area contributed by atoms with E-state index in [1.165, 1.54) is 27.7 Å². The van der Waals surface area contributed by atoms with Crippen molar-refractivity contribution < 1.29 is 46.3 Å². The predicted molar refractivity (Wildman–Crippen MR) is 110 cm³/mol. The van der Waals surface area contributed by atoms with Crippen LogP contribution in [0.5, 0.6) is 0 Å². The number of carbonyl (C=O) groups is 3. The third kappa shape index (κ3) is 7.30. The lowest BCUT2D eigenvalue weighted by Gasteiger charge is -2.31. The Kier molecular flexibility index (Phi) is 8.56. The SMILES string of the molecule is CCOC(=O)[C@H](NC(=O)OCc1oc(=O)oc1C)C(C)(C)SC(=O)OCc1oc(=O)oc1C. The van der Waals surface area contributed by atoms with Gasteiger partial charge in [0.25, 0.3) is 0 Å². The maximum Gasteiger partial charge on any atom is 0.519 e. The zero-order valence-corrected chi connectivity index (χ0v) is 19.3. The first-order chi connectivity index (χ1) is 15.4. The number of hydrogen-bond acceptors (Lipinski definition) is 13. The maximum absolute atomic E-state index is 12.5. The Morgan fingerprint density at radius 2 is 1.42 bits per heavy atom. The molecule has 0 spiro atoms. The predicted octanol–water partition coefficient (Wildman–Crippen LogP) is 2.40. The third-order valence-electron chi connectivity index (χ3n) is 4.15. The summed E-state index contributed by atoms with van der Waals surface area (Å²) in [7, 11) is 0. The van der Waals surface area contributed by atoms with Crippen LogP contribution in [0.25, 0.3) is 0 Å². The maximum atomic E-state index is 12.5. The number of thioether (sulfide) groups is 1. The highest BCUT2D eigenvalue weighted by Crippen LogP contribution is 2.31. The number of rotatable bonds is 9. The van der Waals surface area contributed by atoms with Crippen molar-refractivity contribution in [3.05, 3.63) is 44.3 Å². The topological polar surface area (TPSA) is 178 Å². The molecule has 2 aromatic rings. The second kappa shape index (κ2) is 10.9. The highest BCUT2D eigenvalue weighted by molar-refractivity contribution is 8.14. The average molecular weight is 489 g/mol. The average Bonchev–Trinajstić information content (AvgIpc) is 3.21. The Hall–Kier alpha value is -3.42. The van der Waals surface area contributed by atoms with Crippen molar-refractivity contribution in [3.8, 4) is 0 Å². The molecule has 33 heavy (non-hydrogen) atoms. The molecule has 0 aromatic carbocycles. The second-order valence-electron chi connectivity index (χ2n) is 7.02. The number of nitrogens with one attached hydrogen (secondary N) is 1. The summed E-state index contributed by atoms with van der Waals surface area (Å²) in [5.74, 6) is -2.36. The van der Waals surface area contributed by atoms with Crippen LogP contribution in [0.1, 0.15) is 43.8 Å². The van der Waals surface area contributed by atoms with E-state index < -0.39 is 46.4 Å². The highest BCUT2D eigenvalue weighted by Gasteiger charge is 2.41. The minimum absolute atomic E-state index is 0.00115. The van der Waals surface area contributed by atoms with Gasteiger partial charge in [0.2, 0.25) is 0 Å². The van der Waals surface area contributed by atoms with Crippen molar-refractivity contribution in [2.45, 2.75) is 58.6 Å². The van der Waals surface area contributed by atoms with Gasteiger partial charge in [0.15, 0.2) is 36.3 Å². The van der Waals surface area contributed by atoms with E-state index in [-0.39, 0.29) is 36.3 Å². The molecule has 0 aliphatic carbocycles. The summed E-state index contributed by atoms with van der Waals surface area (Å²) in [5.41, 5.74) is 0. The Morgan fingerprint density at radius 3 is 1.88 bits per heavy atom. The van der Waals surface area contributed by atoms with Crippen LogP contribution in [0.3, 0.4) is 0 Å². The molecule has 0 unspecified atom stereocenters. The molecule has 0 aliphatic heterocycles. The van der Waals surface area contributed by atoms with Gasteiger partial charge in [0, 0.05) is 0 Å². The lowest BCUT2D eigenvalue weighted by atomic mass is 10.0. The molecule has 2 rings (SSSR count). The van der Waals surface area contributed by atoms with Crippen LogP contribution in [0, 0.1) is 13.8 Å². The largest absolute Gasteiger partial charge is 0.519 e. The van der Waals surface area contributed by atoms with Crippen molar-refractivity contribution in [3.63, 3.8) is 0 Å². The van der Waals surface area contributed by atoms with Crippen LogP contribution in [-0.2, 0) is 32.2 Å². The molecule has 0 saturated heterocycles. The van der Waals surface area contributed by atoms with Gasteiger partial charge in [-0.3, -0.25) is 0 Å². The van der Waals surface area contributed by atoms with Crippen LogP contribution < -0.4 is 17.0 Å². The Labute approximate surface area is 190 Å². The molecule has 1 amide bonds. The summed E-state index contributed by atoms with van der Waals surface area (Å²) >= 11 is 0.601. The highest BCUT2D eigenvalue weighted by atomic mass is 32.2. The number of carbonyl (C=O) groups excluding carboxylic acids is 3. The summed E-state index contributed by atoms with van der Waals surface area (Å²) in [5, 5.41) is 1.52. The molecule has 0 saturated carbocycles.